The summed E-state index contributed by atoms with van der Waals surface area (Å²) in [6.45, 7) is 7.74. The highest BCUT2D eigenvalue weighted by atomic mass is 16.1. The molecule has 2 rings (SSSR count). The van der Waals surface area contributed by atoms with E-state index in [-0.39, 0.29) is 11.7 Å². The third-order valence-corrected chi connectivity index (χ3v) is 3.27. The Morgan fingerprint density at radius 2 is 2.27 bits per heavy atom. The van der Waals surface area contributed by atoms with Crippen molar-refractivity contribution in [2.24, 2.45) is 0 Å². The number of Topliss-reactive ketones (excluding diaryl/α,β-unsaturated/α-hetero) is 1. The number of nitrogens with zero attached hydrogens (tertiary/aromatic N) is 1. The highest BCUT2D eigenvalue weighted by Crippen LogP contribution is 2.38. The van der Waals surface area contributed by atoms with Gasteiger partial charge >= 0.3 is 0 Å². The van der Waals surface area contributed by atoms with Crippen LogP contribution in [0.1, 0.15) is 30.9 Å². The molecule has 0 saturated carbocycles. The van der Waals surface area contributed by atoms with E-state index in [9.17, 15) is 4.79 Å². The lowest BCUT2D eigenvalue weighted by Gasteiger charge is -2.16. The lowest BCUT2D eigenvalue weighted by atomic mass is 9.94. The van der Waals surface area contributed by atoms with Crippen molar-refractivity contribution in [1.82, 2.24) is 0 Å². The molecule has 1 atom stereocenters. The van der Waals surface area contributed by atoms with Crippen LogP contribution < -0.4 is 4.90 Å². The molecule has 0 fully saturated rings. The second kappa shape index (κ2) is 3.69. The van der Waals surface area contributed by atoms with E-state index >= 15 is 0 Å². The second-order valence-electron chi connectivity index (χ2n) is 4.21. The zero-order valence-corrected chi connectivity index (χ0v) is 9.58. The number of benzene rings is 1. The van der Waals surface area contributed by atoms with Gasteiger partial charge in [-0.15, -0.1) is 0 Å². The van der Waals surface area contributed by atoms with Crippen molar-refractivity contribution in [3.05, 3.63) is 29.3 Å². The zero-order chi connectivity index (χ0) is 11.0. The Morgan fingerprint density at radius 1 is 1.53 bits per heavy atom. The normalized spacial score (nSPS) is 19.1. The number of fused-ring (bicyclic) bond motifs is 1. The molecule has 1 aromatic carbocycles. The molecule has 0 aliphatic carbocycles. The summed E-state index contributed by atoms with van der Waals surface area (Å²) >= 11 is 0. The number of carbonyl (C=O) groups is 1. The Labute approximate surface area is 90.9 Å². The van der Waals surface area contributed by atoms with Crippen LogP contribution in [0.15, 0.2) is 18.2 Å². The topological polar surface area (TPSA) is 20.3 Å². The van der Waals surface area contributed by atoms with Crippen molar-refractivity contribution in [3.63, 3.8) is 0 Å². The van der Waals surface area contributed by atoms with Crippen LogP contribution in [0, 0.1) is 6.92 Å². The fraction of sp³-hybridized carbons (Fsp3) is 0.462. The number of carbonyl (C=O) groups excluding carboxylic acids is 1. The van der Waals surface area contributed by atoms with Gasteiger partial charge in [0.15, 0.2) is 0 Å². The molecule has 2 nitrogen and oxygen atoms in total. The third kappa shape index (κ3) is 1.54. The number of likely N-dealkylation sites (N-methyl/N-ethyl adjacent to an activating group) is 1. The van der Waals surface area contributed by atoms with Crippen LogP contribution in [0.5, 0.6) is 0 Å². The maximum absolute atomic E-state index is 11.6. The van der Waals surface area contributed by atoms with Crippen LogP contribution >= 0.6 is 0 Å². The van der Waals surface area contributed by atoms with Gasteiger partial charge in [-0.1, -0.05) is 12.1 Å². The minimum atomic E-state index is 0.0844. The highest BCUT2D eigenvalue weighted by molar-refractivity contribution is 5.89. The number of hydrogen-bond donors (Lipinski definition) is 0. The first-order valence-electron chi connectivity index (χ1n) is 5.50. The predicted molar refractivity (Wildman–Crippen MR) is 62.5 cm³/mol. The molecule has 1 aromatic rings. The lowest BCUT2D eigenvalue weighted by molar-refractivity contribution is -0.118. The number of ketones is 1. The lowest BCUT2D eigenvalue weighted by Crippen LogP contribution is -2.23. The van der Waals surface area contributed by atoms with Gasteiger partial charge in [-0.25, -0.2) is 0 Å². The Balaban J connectivity index is 2.52. The molecular weight excluding hydrogens is 186 g/mol. The van der Waals surface area contributed by atoms with E-state index in [1.54, 1.807) is 6.92 Å². The highest BCUT2D eigenvalue weighted by Gasteiger charge is 2.31. The smallest absolute Gasteiger partial charge is 0.139 e. The molecule has 80 valence electrons. The molecule has 1 aliphatic heterocycles. The van der Waals surface area contributed by atoms with Gasteiger partial charge in [0.05, 0.1) is 5.92 Å². The van der Waals surface area contributed by atoms with Crippen LogP contribution in [0.3, 0.4) is 0 Å². The number of hydrogen-bond acceptors (Lipinski definition) is 2. The van der Waals surface area contributed by atoms with Crippen LogP contribution in [0.4, 0.5) is 5.69 Å². The van der Waals surface area contributed by atoms with Crippen LogP contribution in [-0.2, 0) is 4.79 Å². The monoisotopic (exact) mass is 203 g/mol. The van der Waals surface area contributed by atoms with Gasteiger partial charge in [-0.2, -0.15) is 0 Å². The first-order valence-corrected chi connectivity index (χ1v) is 5.50. The zero-order valence-electron chi connectivity index (χ0n) is 9.58. The average Bonchev–Trinajstić information content (AvgIpc) is 2.58. The fourth-order valence-corrected chi connectivity index (χ4v) is 2.44. The van der Waals surface area contributed by atoms with Crippen LogP contribution in [0.2, 0.25) is 0 Å². The molecule has 0 amide bonds. The van der Waals surface area contributed by atoms with Gasteiger partial charge < -0.3 is 4.90 Å². The summed E-state index contributed by atoms with van der Waals surface area (Å²) in [6.07, 6.45) is 0. The van der Waals surface area contributed by atoms with Crippen LogP contribution in [0.25, 0.3) is 0 Å². The Bertz CT molecular complexity index is 398. The molecule has 0 radical (unpaired) electrons. The number of rotatable bonds is 2. The van der Waals surface area contributed by atoms with Crippen molar-refractivity contribution in [3.8, 4) is 0 Å². The first kappa shape index (κ1) is 10.2. The summed E-state index contributed by atoms with van der Waals surface area (Å²) in [5.74, 6) is 0.364. The van der Waals surface area contributed by atoms with Crippen molar-refractivity contribution < 1.29 is 4.79 Å². The molecule has 1 unspecified atom stereocenters. The molecule has 1 aliphatic rings. The van der Waals surface area contributed by atoms with Crippen molar-refractivity contribution >= 4 is 11.5 Å². The predicted octanol–water partition coefficient (Wildman–Crippen LogP) is 2.51. The van der Waals surface area contributed by atoms with E-state index in [4.69, 9.17) is 0 Å². The maximum Gasteiger partial charge on any atom is 0.139 e. The van der Waals surface area contributed by atoms with Crippen LogP contribution in [-0.4, -0.2) is 18.9 Å². The molecule has 0 spiro atoms. The molecule has 0 aromatic heterocycles. The number of anilines is 1. The summed E-state index contributed by atoms with van der Waals surface area (Å²) in [5.41, 5.74) is 3.73. The van der Waals surface area contributed by atoms with Crippen molar-refractivity contribution in [2.75, 3.05) is 18.0 Å². The maximum atomic E-state index is 11.6. The minimum absolute atomic E-state index is 0.0844. The molecule has 0 bridgehead atoms. The third-order valence-electron chi connectivity index (χ3n) is 3.27. The van der Waals surface area contributed by atoms with Gasteiger partial charge in [-0.3, -0.25) is 4.79 Å². The minimum Gasteiger partial charge on any atom is -0.370 e. The molecule has 0 saturated heterocycles. The van der Waals surface area contributed by atoms with Crippen molar-refractivity contribution in [1.29, 1.82) is 0 Å². The van der Waals surface area contributed by atoms with Gasteiger partial charge in [0.1, 0.15) is 5.78 Å². The van der Waals surface area contributed by atoms with Gasteiger partial charge in [0, 0.05) is 18.8 Å². The summed E-state index contributed by atoms with van der Waals surface area (Å²) in [5, 5.41) is 0. The van der Waals surface area contributed by atoms with Gasteiger partial charge in [0.2, 0.25) is 0 Å². The Kier molecular flexibility index (Phi) is 2.51. The summed E-state index contributed by atoms with van der Waals surface area (Å²) in [4.78, 5) is 13.9. The van der Waals surface area contributed by atoms with Gasteiger partial charge in [0.25, 0.3) is 0 Å². The Hall–Kier alpha value is -1.31. The SMILES string of the molecule is CCN1CC(C(C)=O)c2c(C)cccc21. The van der Waals surface area contributed by atoms with E-state index in [1.165, 1.54) is 16.8 Å². The second-order valence-corrected chi connectivity index (χ2v) is 4.21. The van der Waals surface area contributed by atoms with E-state index in [0.717, 1.165) is 13.1 Å². The average molecular weight is 203 g/mol. The van der Waals surface area contributed by atoms with E-state index in [2.05, 4.69) is 36.9 Å². The number of aryl methyl sites for hydroxylation is 1. The van der Waals surface area contributed by atoms with E-state index in [1.807, 2.05) is 0 Å². The van der Waals surface area contributed by atoms with Crippen molar-refractivity contribution in [2.45, 2.75) is 26.7 Å². The summed E-state index contributed by atoms with van der Waals surface area (Å²) in [7, 11) is 0. The molecule has 0 N–H and O–H groups in total. The standard InChI is InChI=1S/C13H17NO/c1-4-14-8-11(10(3)15)13-9(2)6-5-7-12(13)14/h5-7,11H,4,8H2,1-3H3. The first-order chi connectivity index (χ1) is 7.15. The fourth-order valence-electron chi connectivity index (χ4n) is 2.44. The molecular formula is C13H17NO. The quantitative estimate of drug-likeness (QED) is 0.736. The van der Waals surface area contributed by atoms with Gasteiger partial charge in [-0.05, 0) is 38.0 Å². The largest absolute Gasteiger partial charge is 0.370 e. The summed E-state index contributed by atoms with van der Waals surface area (Å²) < 4.78 is 0. The molecule has 1 heterocycles. The summed E-state index contributed by atoms with van der Waals surface area (Å²) in [6, 6.07) is 6.28. The van der Waals surface area contributed by atoms with E-state index in [0.29, 0.717) is 0 Å². The Morgan fingerprint density at radius 3 is 2.87 bits per heavy atom. The molecule has 2 heteroatoms. The van der Waals surface area contributed by atoms with E-state index < -0.39 is 0 Å². The molecule has 15 heavy (non-hydrogen) atoms.